The summed E-state index contributed by atoms with van der Waals surface area (Å²) in [5, 5.41) is 1.89. The van der Waals surface area contributed by atoms with E-state index in [0.29, 0.717) is 0 Å². The highest BCUT2D eigenvalue weighted by Gasteiger charge is 2.14. The lowest BCUT2D eigenvalue weighted by Crippen LogP contribution is -2.24. The monoisotopic (exact) mass is 264 g/mol. The Morgan fingerprint density at radius 3 is 3.12 bits per heavy atom. The largest absolute Gasteiger partial charge is 0.302 e. The molecule has 0 N–H and O–H groups in total. The lowest BCUT2D eigenvalue weighted by molar-refractivity contribution is 0.373. The van der Waals surface area contributed by atoms with Gasteiger partial charge in [-0.3, -0.25) is 0 Å². The van der Waals surface area contributed by atoms with Gasteiger partial charge < -0.3 is 4.90 Å². The van der Waals surface area contributed by atoms with Gasteiger partial charge in [0.15, 0.2) is 0 Å². The lowest BCUT2D eigenvalue weighted by atomic mass is 10.1. The van der Waals surface area contributed by atoms with Crippen molar-refractivity contribution in [1.29, 1.82) is 0 Å². The molecule has 1 aromatic heterocycles. The number of hydrogen-bond donors (Lipinski definition) is 0. The first-order valence-corrected chi connectivity index (χ1v) is 6.86. The normalized spacial score (nSPS) is 17.4. The van der Waals surface area contributed by atoms with Crippen molar-refractivity contribution < 1.29 is 0 Å². The van der Waals surface area contributed by atoms with E-state index in [0.717, 1.165) is 35.1 Å². The molecule has 0 aliphatic carbocycles. The molecule has 2 aromatic rings. The van der Waals surface area contributed by atoms with Crippen LogP contribution in [0.3, 0.4) is 0 Å². The predicted molar refractivity (Wildman–Crippen MR) is 74.7 cm³/mol. The van der Waals surface area contributed by atoms with Gasteiger partial charge in [0, 0.05) is 18.1 Å². The molecule has 2 heterocycles. The summed E-state index contributed by atoms with van der Waals surface area (Å²) in [6.45, 7) is 2.13. The van der Waals surface area contributed by atoms with Gasteiger partial charge in [-0.1, -0.05) is 17.7 Å². The highest BCUT2D eigenvalue weighted by atomic mass is 35.5. The molecule has 17 heavy (non-hydrogen) atoms. The molecule has 0 bridgehead atoms. The third-order valence-corrected chi connectivity index (χ3v) is 4.31. The van der Waals surface area contributed by atoms with E-state index in [2.05, 4.69) is 23.0 Å². The van der Waals surface area contributed by atoms with Gasteiger partial charge in [-0.25, -0.2) is 4.98 Å². The molecule has 2 nitrogen and oxygen atoms in total. The Morgan fingerprint density at radius 2 is 2.29 bits per heavy atom. The van der Waals surface area contributed by atoms with Gasteiger partial charge in [0.05, 0.1) is 10.2 Å². The summed E-state index contributed by atoms with van der Waals surface area (Å²) in [4.78, 5) is 7.00. The number of benzene rings is 1. The average Bonchev–Trinajstić information content (AvgIpc) is 2.72. The van der Waals surface area contributed by atoms with Gasteiger partial charge in [0.25, 0.3) is 0 Å². The molecule has 0 amide bonds. The third kappa shape index (κ3) is 2.23. The minimum Gasteiger partial charge on any atom is -0.302 e. The Balaban J connectivity index is 2.03. The molecule has 88 valence electrons. The zero-order chi connectivity index (χ0) is 11.8. The van der Waals surface area contributed by atoms with Gasteiger partial charge in [-0.05, 0) is 37.2 Å². The summed E-state index contributed by atoms with van der Waals surface area (Å²) in [5.74, 6) is 0. The predicted octanol–water partition coefficient (Wildman–Crippen LogP) is 3.67. The molecular weight excluding hydrogens is 252 g/mol. The number of halogens is 1. The number of aromatic nitrogens is 1. The quantitative estimate of drug-likeness (QED) is 0.781. The van der Waals surface area contributed by atoms with Gasteiger partial charge in [0.1, 0.15) is 5.01 Å². The van der Waals surface area contributed by atoms with Crippen LogP contribution in [0.5, 0.6) is 0 Å². The van der Waals surface area contributed by atoms with Crippen molar-refractivity contribution in [2.24, 2.45) is 0 Å². The summed E-state index contributed by atoms with van der Waals surface area (Å²) in [6.07, 6.45) is 3.42. The van der Waals surface area contributed by atoms with Crippen molar-refractivity contribution >= 4 is 38.7 Å². The third-order valence-electron chi connectivity index (χ3n) is 2.97. The van der Waals surface area contributed by atoms with Crippen LogP contribution >= 0.6 is 22.9 Å². The number of hydrogen-bond acceptors (Lipinski definition) is 3. The first-order chi connectivity index (χ1) is 8.22. The van der Waals surface area contributed by atoms with Crippen molar-refractivity contribution in [3.05, 3.63) is 34.3 Å². The SMILES string of the molecule is CN1CCC=C(c2nc3cc(Cl)ccc3s2)C1. The smallest absolute Gasteiger partial charge is 0.121 e. The van der Waals surface area contributed by atoms with Crippen LogP contribution in [0.15, 0.2) is 24.3 Å². The van der Waals surface area contributed by atoms with Crippen molar-refractivity contribution in [3.63, 3.8) is 0 Å². The van der Waals surface area contributed by atoms with Crippen molar-refractivity contribution in [1.82, 2.24) is 9.88 Å². The lowest BCUT2D eigenvalue weighted by Gasteiger charge is -2.21. The second-order valence-corrected chi connectivity index (χ2v) is 5.85. The summed E-state index contributed by atoms with van der Waals surface area (Å²) < 4.78 is 1.21. The molecule has 0 spiro atoms. The van der Waals surface area contributed by atoms with Crippen LogP contribution in [0.25, 0.3) is 15.8 Å². The number of thiazole rings is 1. The van der Waals surface area contributed by atoms with Crippen LogP contribution in [0.2, 0.25) is 5.02 Å². The molecule has 0 radical (unpaired) electrons. The van der Waals surface area contributed by atoms with E-state index in [-0.39, 0.29) is 0 Å². The zero-order valence-corrected chi connectivity index (χ0v) is 11.2. The van der Waals surface area contributed by atoms with Crippen LogP contribution in [0.1, 0.15) is 11.4 Å². The van der Waals surface area contributed by atoms with Gasteiger partial charge in [-0.2, -0.15) is 0 Å². The summed E-state index contributed by atoms with van der Waals surface area (Å²) in [6, 6.07) is 5.91. The molecule has 0 atom stereocenters. The first kappa shape index (κ1) is 11.2. The first-order valence-electron chi connectivity index (χ1n) is 5.66. The Kier molecular flexibility index (Phi) is 2.90. The topological polar surface area (TPSA) is 16.1 Å². The maximum Gasteiger partial charge on any atom is 0.121 e. The van der Waals surface area contributed by atoms with Crippen LogP contribution in [-0.2, 0) is 0 Å². The molecule has 1 aromatic carbocycles. The summed E-state index contributed by atoms with van der Waals surface area (Å²) in [7, 11) is 2.15. The Morgan fingerprint density at radius 1 is 1.41 bits per heavy atom. The van der Waals surface area contributed by atoms with E-state index in [1.165, 1.54) is 10.3 Å². The Bertz CT molecular complexity index is 588. The minimum atomic E-state index is 0.754. The number of nitrogens with zero attached hydrogens (tertiary/aromatic N) is 2. The number of likely N-dealkylation sites (N-methyl/N-ethyl adjacent to an activating group) is 1. The van der Waals surface area contributed by atoms with E-state index >= 15 is 0 Å². The van der Waals surface area contributed by atoms with Crippen molar-refractivity contribution in [3.8, 4) is 0 Å². The van der Waals surface area contributed by atoms with Gasteiger partial charge in [-0.15, -0.1) is 11.3 Å². The Labute approximate surface area is 110 Å². The molecular formula is C13H13ClN2S. The highest BCUT2D eigenvalue weighted by Crippen LogP contribution is 2.30. The molecule has 0 fully saturated rings. The average molecular weight is 265 g/mol. The molecule has 0 saturated carbocycles. The van der Waals surface area contributed by atoms with Gasteiger partial charge in [0.2, 0.25) is 0 Å². The van der Waals surface area contributed by atoms with Crippen molar-refractivity contribution in [2.45, 2.75) is 6.42 Å². The molecule has 0 saturated heterocycles. The molecule has 1 aliphatic rings. The molecule has 3 rings (SSSR count). The fraction of sp³-hybridized carbons (Fsp3) is 0.308. The molecule has 1 aliphatic heterocycles. The highest BCUT2D eigenvalue weighted by molar-refractivity contribution is 7.19. The van der Waals surface area contributed by atoms with E-state index in [4.69, 9.17) is 11.6 Å². The summed E-state index contributed by atoms with van der Waals surface area (Å²) >= 11 is 7.73. The van der Waals surface area contributed by atoms with E-state index in [1.807, 2.05) is 18.2 Å². The number of fused-ring (bicyclic) bond motifs is 1. The fourth-order valence-corrected chi connectivity index (χ4v) is 3.23. The van der Waals surface area contributed by atoms with Crippen molar-refractivity contribution in [2.75, 3.05) is 20.1 Å². The van der Waals surface area contributed by atoms with Crippen LogP contribution in [0, 0.1) is 0 Å². The number of rotatable bonds is 1. The van der Waals surface area contributed by atoms with Crippen LogP contribution in [0.4, 0.5) is 0 Å². The van der Waals surface area contributed by atoms with Crippen LogP contribution in [-0.4, -0.2) is 30.0 Å². The van der Waals surface area contributed by atoms with E-state index in [9.17, 15) is 0 Å². The standard InChI is InChI=1S/C13H13ClN2S/c1-16-6-2-3-9(8-16)13-15-11-7-10(14)4-5-12(11)17-13/h3-5,7H,2,6,8H2,1H3. The van der Waals surface area contributed by atoms with E-state index < -0.39 is 0 Å². The molecule has 0 unspecified atom stereocenters. The maximum atomic E-state index is 5.98. The van der Waals surface area contributed by atoms with Crippen LogP contribution < -0.4 is 0 Å². The Hall–Kier alpha value is -0.900. The maximum absolute atomic E-state index is 5.98. The minimum absolute atomic E-state index is 0.754. The molecule has 4 heteroatoms. The van der Waals surface area contributed by atoms with Gasteiger partial charge >= 0.3 is 0 Å². The second-order valence-electron chi connectivity index (χ2n) is 4.39. The van der Waals surface area contributed by atoms with E-state index in [1.54, 1.807) is 11.3 Å². The fourth-order valence-electron chi connectivity index (χ4n) is 2.09. The zero-order valence-electron chi connectivity index (χ0n) is 9.61. The second kappa shape index (κ2) is 4.41. The summed E-state index contributed by atoms with van der Waals surface area (Å²) in [5.41, 5.74) is 2.35.